The molecule has 1 unspecified atom stereocenters. The number of nitrogens with zero attached hydrogens (tertiary/aromatic N) is 1. The number of ether oxygens (including phenoxy) is 1. The van der Waals surface area contributed by atoms with Crippen LogP contribution in [0.3, 0.4) is 0 Å². The van der Waals surface area contributed by atoms with Crippen molar-refractivity contribution in [2.45, 2.75) is 26.7 Å². The van der Waals surface area contributed by atoms with E-state index in [0.29, 0.717) is 16.4 Å². The van der Waals surface area contributed by atoms with E-state index in [4.69, 9.17) is 10.5 Å². The molecule has 0 saturated heterocycles. The highest BCUT2D eigenvalue weighted by atomic mass is 32.1. The molecular weight excluding hydrogens is 240 g/mol. The second-order valence-corrected chi connectivity index (χ2v) is 4.67. The molecule has 2 N–H and O–H groups in total. The highest BCUT2D eigenvalue weighted by Crippen LogP contribution is 2.25. The third-order valence-electron chi connectivity index (χ3n) is 2.21. The molecule has 6 heteroatoms. The normalized spacial score (nSPS) is 12.2. The van der Waals surface area contributed by atoms with Gasteiger partial charge in [-0.3, -0.25) is 4.79 Å². The number of hydrogen-bond acceptors (Lipinski definition) is 6. The summed E-state index contributed by atoms with van der Waals surface area (Å²) in [4.78, 5) is 27.6. The van der Waals surface area contributed by atoms with Gasteiger partial charge < -0.3 is 10.5 Å². The fourth-order valence-corrected chi connectivity index (χ4v) is 2.24. The molecule has 1 aromatic heterocycles. The molecule has 0 bridgehead atoms. The zero-order chi connectivity index (χ0) is 13.0. The Hall–Kier alpha value is -1.27. The zero-order valence-corrected chi connectivity index (χ0v) is 11.0. The number of Topliss-reactive ketones (excluding diaryl/α,β-unsaturated/α-hetero) is 1. The first-order valence-corrected chi connectivity index (χ1v) is 6.21. The number of thiazole rings is 1. The summed E-state index contributed by atoms with van der Waals surface area (Å²) in [6.45, 7) is 5.70. The van der Waals surface area contributed by atoms with Crippen molar-refractivity contribution in [3.05, 3.63) is 15.6 Å². The number of nitrogens with two attached hydrogens (primary N) is 1. The van der Waals surface area contributed by atoms with Gasteiger partial charge in [0.25, 0.3) is 0 Å². The van der Waals surface area contributed by atoms with Gasteiger partial charge in [-0.2, -0.15) is 0 Å². The van der Waals surface area contributed by atoms with Crippen LogP contribution < -0.4 is 5.73 Å². The fourth-order valence-electron chi connectivity index (χ4n) is 1.22. The molecule has 0 saturated carbocycles. The average Bonchev–Trinajstić information content (AvgIpc) is 2.73. The summed E-state index contributed by atoms with van der Waals surface area (Å²) in [7, 11) is 0. The maximum absolute atomic E-state index is 11.6. The minimum atomic E-state index is -0.551. The van der Waals surface area contributed by atoms with E-state index in [9.17, 15) is 9.59 Å². The first-order chi connectivity index (χ1) is 8.01. The topological polar surface area (TPSA) is 82.3 Å². The summed E-state index contributed by atoms with van der Waals surface area (Å²) < 4.78 is 4.87. The summed E-state index contributed by atoms with van der Waals surface area (Å²) in [6, 6.07) is 0. The SMILES string of the molecule is CCOC(=O)c1nc(C(C)CN)sc1C(C)=O. The van der Waals surface area contributed by atoms with Crippen LogP contribution in [0.5, 0.6) is 0 Å². The number of ketones is 1. The van der Waals surface area contributed by atoms with Gasteiger partial charge in [0.05, 0.1) is 11.6 Å². The van der Waals surface area contributed by atoms with Gasteiger partial charge in [0.1, 0.15) is 4.88 Å². The second kappa shape index (κ2) is 5.88. The number of esters is 1. The molecule has 1 aromatic rings. The molecule has 0 spiro atoms. The van der Waals surface area contributed by atoms with Gasteiger partial charge in [0, 0.05) is 19.4 Å². The molecule has 0 fully saturated rings. The lowest BCUT2D eigenvalue weighted by Gasteiger charge is -2.01. The van der Waals surface area contributed by atoms with E-state index in [0.717, 1.165) is 0 Å². The molecule has 0 amide bonds. The third-order valence-corrected chi connectivity index (χ3v) is 3.60. The minimum absolute atomic E-state index is 0.0290. The van der Waals surface area contributed by atoms with E-state index in [-0.39, 0.29) is 24.0 Å². The summed E-state index contributed by atoms with van der Waals surface area (Å²) in [5, 5.41) is 0.695. The quantitative estimate of drug-likeness (QED) is 0.639. The van der Waals surface area contributed by atoms with Crippen molar-refractivity contribution in [3.63, 3.8) is 0 Å². The van der Waals surface area contributed by atoms with Crippen molar-refractivity contribution in [2.75, 3.05) is 13.2 Å². The average molecular weight is 256 g/mol. The van der Waals surface area contributed by atoms with E-state index >= 15 is 0 Å². The van der Waals surface area contributed by atoms with E-state index in [1.54, 1.807) is 6.92 Å². The molecule has 1 atom stereocenters. The minimum Gasteiger partial charge on any atom is -0.461 e. The van der Waals surface area contributed by atoms with E-state index in [2.05, 4.69) is 4.98 Å². The number of rotatable bonds is 5. The van der Waals surface area contributed by atoms with Crippen molar-refractivity contribution in [1.82, 2.24) is 4.98 Å². The van der Waals surface area contributed by atoms with Gasteiger partial charge in [-0.05, 0) is 6.92 Å². The monoisotopic (exact) mass is 256 g/mol. The largest absolute Gasteiger partial charge is 0.461 e. The molecule has 1 heterocycles. The number of carbonyl (C=O) groups excluding carboxylic acids is 2. The Morgan fingerprint density at radius 3 is 2.65 bits per heavy atom. The van der Waals surface area contributed by atoms with Crippen LogP contribution in [0.1, 0.15) is 51.9 Å². The van der Waals surface area contributed by atoms with Crippen LogP contribution in [0.15, 0.2) is 0 Å². The van der Waals surface area contributed by atoms with Crippen molar-refractivity contribution < 1.29 is 14.3 Å². The molecule has 94 valence electrons. The number of aromatic nitrogens is 1. The first-order valence-electron chi connectivity index (χ1n) is 5.40. The summed E-state index contributed by atoms with van der Waals surface area (Å²) in [6.07, 6.45) is 0. The standard InChI is InChI=1S/C11H16N2O3S/c1-4-16-11(15)8-9(7(3)14)17-10(13-8)6(2)5-12/h6H,4-5,12H2,1-3H3. The Bertz CT molecular complexity index is 428. The highest BCUT2D eigenvalue weighted by Gasteiger charge is 2.23. The van der Waals surface area contributed by atoms with Crippen molar-refractivity contribution in [1.29, 1.82) is 0 Å². The Kier molecular flexibility index (Phi) is 4.77. The maximum Gasteiger partial charge on any atom is 0.358 e. The van der Waals surface area contributed by atoms with Gasteiger partial charge in [0.15, 0.2) is 11.5 Å². The number of carbonyl (C=O) groups is 2. The van der Waals surface area contributed by atoms with Crippen LogP contribution in [0.2, 0.25) is 0 Å². The Morgan fingerprint density at radius 1 is 1.53 bits per heavy atom. The molecule has 0 aliphatic carbocycles. The van der Waals surface area contributed by atoms with Crippen molar-refractivity contribution in [2.24, 2.45) is 5.73 Å². The molecule has 1 rings (SSSR count). The lowest BCUT2D eigenvalue weighted by atomic mass is 10.2. The van der Waals surface area contributed by atoms with Crippen LogP contribution in [0.25, 0.3) is 0 Å². The summed E-state index contributed by atoms with van der Waals surface area (Å²) in [5.74, 6) is -0.702. The second-order valence-electron chi connectivity index (χ2n) is 3.64. The zero-order valence-electron chi connectivity index (χ0n) is 10.1. The predicted octanol–water partition coefficient (Wildman–Crippen LogP) is 1.58. The summed E-state index contributed by atoms with van der Waals surface area (Å²) in [5.41, 5.74) is 5.65. The van der Waals surface area contributed by atoms with Gasteiger partial charge in [-0.15, -0.1) is 11.3 Å². The smallest absolute Gasteiger partial charge is 0.358 e. The van der Waals surface area contributed by atoms with E-state index < -0.39 is 5.97 Å². The van der Waals surface area contributed by atoms with Gasteiger partial charge in [-0.1, -0.05) is 6.92 Å². The Morgan fingerprint density at radius 2 is 2.18 bits per heavy atom. The van der Waals surface area contributed by atoms with Gasteiger partial charge in [-0.25, -0.2) is 9.78 Å². The Labute approximate surface area is 104 Å². The van der Waals surface area contributed by atoms with Crippen LogP contribution in [-0.2, 0) is 4.74 Å². The predicted molar refractivity (Wildman–Crippen MR) is 65.5 cm³/mol. The van der Waals surface area contributed by atoms with Crippen molar-refractivity contribution in [3.8, 4) is 0 Å². The van der Waals surface area contributed by atoms with E-state index in [1.165, 1.54) is 18.3 Å². The van der Waals surface area contributed by atoms with Gasteiger partial charge >= 0.3 is 5.97 Å². The highest BCUT2D eigenvalue weighted by molar-refractivity contribution is 7.14. The maximum atomic E-state index is 11.6. The third kappa shape index (κ3) is 3.10. The lowest BCUT2D eigenvalue weighted by Crippen LogP contribution is -2.11. The number of hydrogen-bond donors (Lipinski definition) is 1. The lowest BCUT2D eigenvalue weighted by molar-refractivity contribution is 0.0517. The van der Waals surface area contributed by atoms with Crippen LogP contribution in [0, 0.1) is 0 Å². The van der Waals surface area contributed by atoms with Crippen LogP contribution in [0.4, 0.5) is 0 Å². The van der Waals surface area contributed by atoms with Crippen molar-refractivity contribution >= 4 is 23.1 Å². The molecule has 0 aliphatic heterocycles. The molecular formula is C11H16N2O3S. The van der Waals surface area contributed by atoms with E-state index in [1.807, 2.05) is 6.92 Å². The first kappa shape index (κ1) is 13.8. The Balaban J connectivity index is 3.14. The molecule has 0 aliphatic rings. The van der Waals surface area contributed by atoms with Crippen LogP contribution >= 0.6 is 11.3 Å². The fraction of sp³-hybridized carbons (Fsp3) is 0.545. The molecule has 17 heavy (non-hydrogen) atoms. The van der Waals surface area contributed by atoms with Crippen LogP contribution in [-0.4, -0.2) is 29.9 Å². The summed E-state index contributed by atoms with van der Waals surface area (Å²) >= 11 is 1.21. The van der Waals surface area contributed by atoms with Gasteiger partial charge in [0.2, 0.25) is 0 Å². The molecule has 0 radical (unpaired) electrons. The molecule has 5 nitrogen and oxygen atoms in total. The molecule has 0 aromatic carbocycles.